The molecule has 0 bridgehead atoms. The Morgan fingerprint density at radius 1 is 1.04 bits per heavy atom. The topological polar surface area (TPSA) is 34.9 Å². The van der Waals surface area contributed by atoms with Crippen LogP contribution in [0.5, 0.6) is 0 Å². The molecule has 0 aliphatic heterocycles. The molecule has 0 saturated carbocycles. The minimum absolute atomic E-state index is 0.0833. The van der Waals surface area contributed by atoms with Gasteiger partial charge in [0.15, 0.2) is 0 Å². The first-order chi connectivity index (χ1) is 12.3. The lowest BCUT2D eigenvalue weighted by Crippen LogP contribution is -2.26. The van der Waals surface area contributed by atoms with Crippen molar-refractivity contribution in [2.24, 2.45) is 0 Å². The average molecular weight is 362 g/mol. The van der Waals surface area contributed by atoms with Crippen molar-refractivity contribution in [3.8, 4) is 11.1 Å². The van der Waals surface area contributed by atoms with Crippen LogP contribution in [0.3, 0.4) is 0 Å². The monoisotopic (exact) mass is 362 g/mol. The lowest BCUT2D eigenvalue weighted by molar-refractivity contribution is -0.137. The molecule has 0 unspecified atom stereocenters. The van der Waals surface area contributed by atoms with Gasteiger partial charge < -0.3 is 0 Å². The van der Waals surface area contributed by atoms with Crippen LogP contribution in [0.4, 0.5) is 17.6 Å². The normalized spacial score (nSPS) is 11.6. The maximum Gasteiger partial charge on any atom is 0.416 e. The standard InChI is InChI=1S/C19H14F4N2O/c1-12-9-16(13-6-4-7-15(10-13)19(21,22)23)18(26)25(24-12)11-14-5-2-3-8-17(14)20/h2-10H,11H2,1H3. The number of halogens is 4. The van der Waals surface area contributed by atoms with Crippen molar-refractivity contribution in [1.29, 1.82) is 0 Å². The predicted octanol–water partition coefficient (Wildman–Crippen LogP) is 4.42. The molecular formula is C19H14F4N2O. The van der Waals surface area contributed by atoms with Gasteiger partial charge >= 0.3 is 6.18 Å². The lowest BCUT2D eigenvalue weighted by Gasteiger charge is -2.12. The molecule has 134 valence electrons. The quantitative estimate of drug-likeness (QED) is 0.647. The second-order valence-corrected chi connectivity index (χ2v) is 5.83. The van der Waals surface area contributed by atoms with Crippen molar-refractivity contribution >= 4 is 0 Å². The van der Waals surface area contributed by atoms with Gasteiger partial charge in [0.05, 0.1) is 23.4 Å². The van der Waals surface area contributed by atoms with E-state index in [4.69, 9.17) is 0 Å². The smallest absolute Gasteiger partial charge is 0.267 e. The summed E-state index contributed by atoms with van der Waals surface area (Å²) in [5, 5.41) is 4.08. The largest absolute Gasteiger partial charge is 0.416 e. The van der Waals surface area contributed by atoms with Gasteiger partial charge in [-0.15, -0.1) is 0 Å². The zero-order valence-corrected chi connectivity index (χ0v) is 13.7. The van der Waals surface area contributed by atoms with E-state index in [0.29, 0.717) is 5.69 Å². The van der Waals surface area contributed by atoms with Gasteiger partial charge in [0.1, 0.15) is 5.82 Å². The van der Waals surface area contributed by atoms with Crippen molar-refractivity contribution in [3.63, 3.8) is 0 Å². The molecule has 0 fully saturated rings. The van der Waals surface area contributed by atoms with Gasteiger partial charge in [-0.1, -0.05) is 30.3 Å². The van der Waals surface area contributed by atoms with Crippen LogP contribution >= 0.6 is 0 Å². The minimum atomic E-state index is -4.51. The summed E-state index contributed by atoms with van der Waals surface area (Å²) in [5.41, 5.74) is -0.503. The average Bonchev–Trinajstić information content (AvgIpc) is 2.59. The molecule has 0 spiro atoms. The van der Waals surface area contributed by atoms with Crippen LogP contribution in [0.15, 0.2) is 59.4 Å². The molecule has 3 rings (SSSR count). The highest BCUT2D eigenvalue weighted by Crippen LogP contribution is 2.31. The number of rotatable bonds is 3. The van der Waals surface area contributed by atoms with Gasteiger partial charge in [0.25, 0.3) is 5.56 Å². The molecule has 2 aromatic carbocycles. The van der Waals surface area contributed by atoms with Crippen LogP contribution in [0.25, 0.3) is 11.1 Å². The Morgan fingerprint density at radius 2 is 1.77 bits per heavy atom. The summed E-state index contributed by atoms with van der Waals surface area (Å²) in [5.74, 6) is -0.483. The fourth-order valence-electron chi connectivity index (χ4n) is 2.64. The van der Waals surface area contributed by atoms with Gasteiger partial charge in [-0.2, -0.15) is 18.3 Å². The first-order valence-electron chi connectivity index (χ1n) is 7.75. The van der Waals surface area contributed by atoms with E-state index in [-0.39, 0.29) is 23.2 Å². The van der Waals surface area contributed by atoms with Gasteiger partial charge in [-0.25, -0.2) is 9.07 Å². The third-order valence-electron chi connectivity index (χ3n) is 3.88. The Bertz CT molecular complexity index is 1010. The van der Waals surface area contributed by atoms with Crippen LogP contribution in [0.1, 0.15) is 16.8 Å². The second-order valence-electron chi connectivity index (χ2n) is 5.83. The number of aromatic nitrogens is 2. The minimum Gasteiger partial charge on any atom is -0.267 e. The molecular weight excluding hydrogens is 348 g/mol. The van der Waals surface area contributed by atoms with E-state index < -0.39 is 23.1 Å². The van der Waals surface area contributed by atoms with Crippen LogP contribution in [0, 0.1) is 12.7 Å². The highest BCUT2D eigenvalue weighted by atomic mass is 19.4. The van der Waals surface area contributed by atoms with Crippen molar-refractivity contribution < 1.29 is 17.6 Å². The molecule has 0 aliphatic rings. The second kappa shape index (κ2) is 6.74. The first kappa shape index (κ1) is 17.8. The Labute approximate surface area is 146 Å². The zero-order chi connectivity index (χ0) is 18.9. The van der Waals surface area contributed by atoms with Crippen LogP contribution < -0.4 is 5.56 Å². The summed E-state index contributed by atoms with van der Waals surface area (Å²) < 4.78 is 53.7. The van der Waals surface area contributed by atoms with Gasteiger partial charge in [0, 0.05) is 5.56 Å². The summed E-state index contributed by atoms with van der Waals surface area (Å²) in [6, 6.07) is 11.9. The van der Waals surface area contributed by atoms with Gasteiger partial charge in [-0.3, -0.25) is 4.79 Å². The summed E-state index contributed by atoms with van der Waals surface area (Å²) >= 11 is 0. The van der Waals surface area contributed by atoms with E-state index in [1.54, 1.807) is 13.0 Å². The van der Waals surface area contributed by atoms with Crippen molar-refractivity contribution in [2.45, 2.75) is 19.6 Å². The molecule has 0 atom stereocenters. The van der Waals surface area contributed by atoms with E-state index in [1.807, 2.05) is 0 Å². The fraction of sp³-hybridized carbons (Fsp3) is 0.158. The third-order valence-corrected chi connectivity index (χ3v) is 3.88. The van der Waals surface area contributed by atoms with Crippen molar-refractivity contribution in [1.82, 2.24) is 9.78 Å². The predicted molar refractivity (Wildman–Crippen MR) is 89.2 cm³/mol. The van der Waals surface area contributed by atoms with Crippen molar-refractivity contribution in [2.75, 3.05) is 0 Å². The molecule has 0 saturated heterocycles. The number of hydrogen-bond acceptors (Lipinski definition) is 2. The van der Waals surface area contributed by atoms with E-state index in [9.17, 15) is 22.4 Å². The van der Waals surface area contributed by atoms with Crippen LogP contribution in [-0.4, -0.2) is 9.78 Å². The molecule has 0 N–H and O–H groups in total. The number of hydrogen-bond donors (Lipinski definition) is 0. The maximum atomic E-state index is 13.8. The van der Waals surface area contributed by atoms with E-state index in [1.165, 1.54) is 36.4 Å². The summed E-state index contributed by atoms with van der Waals surface area (Å²) in [4.78, 5) is 12.7. The van der Waals surface area contributed by atoms with Gasteiger partial charge in [0.2, 0.25) is 0 Å². The molecule has 1 heterocycles. The summed E-state index contributed by atoms with van der Waals surface area (Å²) in [6.45, 7) is 1.51. The fourth-order valence-corrected chi connectivity index (χ4v) is 2.64. The maximum absolute atomic E-state index is 13.8. The zero-order valence-electron chi connectivity index (χ0n) is 13.7. The number of benzene rings is 2. The number of alkyl halides is 3. The molecule has 0 aliphatic carbocycles. The van der Waals surface area contributed by atoms with Crippen LogP contribution in [-0.2, 0) is 12.7 Å². The van der Waals surface area contributed by atoms with E-state index in [2.05, 4.69) is 5.10 Å². The number of nitrogens with zero attached hydrogens (tertiary/aromatic N) is 2. The summed E-state index contributed by atoms with van der Waals surface area (Å²) in [6.07, 6.45) is -4.51. The van der Waals surface area contributed by atoms with Gasteiger partial charge in [-0.05, 0) is 36.8 Å². The Hall–Kier alpha value is -2.96. The SMILES string of the molecule is Cc1cc(-c2cccc(C(F)(F)F)c2)c(=O)n(Cc2ccccc2F)n1. The first-order valence-corrected chi connectivity index (χ1v) is 7.75. The summed E-state index contributed by atoms with van der Waals surface area (Å²) in [7, 11) is 0. The molecule has 1 aromatic heterocycles. The Kier molecular flexibility index (Phi) is 4.63. The highest BCUT2D eigenvalue weighted by molar-refractivity contribution is 5.63. The van der Waals surface area contributed by atoms with E-state index >= 15 is 0 Å². The van der Waals surface area contributed by atoms with E-state index in [0.717, 1.165) is 16.8 Å². The molecule has 7 heteroatoms. The molecule has 3 aromatic rings. The third kappa shape index (κ3) is 3.66. The number of aryl methyl sites for hydroxylation is 1. The molecule has 0 amide bonds. The Balaban J connectivity index is 2.09. The van der Waals surface area contributed by atoms with Crippen molar-refractivity contribution in [3.05, 3.63) is 87.6 Å². The van der Waals surface area contributed by atoms with Crippen LogP contribution in [0.2, 0.25) is 0 Å². The molecule has 26 heavy (non-hydrogen) atoms. The molecule has 0 radical (unpaired) electrons. The Morgan fingerprint density at radius 3 is 2.46 bits per heavy atom. The highest BCUT2D eigenvalue weighted by Gasteiger charge is 2.30. The lowest BCUT2D eigenvalue weighted by atomic mass is 10.0. The molecule has 3 nitrogen and oxygen atoms in total.